The minimum absolute atomic E-state index is 0.00767. The zero-order chi connectivity index (χ0) is 21.8. The molecule has 6 rings (SSSR count). The van der Waals surface area contributed by atoms with E-state index in [-0.39, 0.29) is 36.8 Å². The largest absolute Gasteiger partial charge is 0.491 e. The molecule has 4 fully saturated rings. The van der Waals surface area contributed by atoms with E-state index in [4.69, 9.17) is 10.5 Å². The highest BCUT2D eigenvalue weighted by Gasteiger charge is 2.52. The maximum atomic E-state index is 9.55. The second-order valence-electron chi connectivity index (χ2n) is 11.3. The number of ether oxygens (including phenoxy) is 1. The molecule has 31 heavy (non-hydrogen) atoms. The van der Waals surface area contributed by atoms with Gasteiger partial charge in [0.05, 0.1) is 12.3 Å². The van der Waals surface area contributed by atoms with Gasteiger partial charge in [0, 0.05) is 37.8 Å². The smallest absolute Gasteiger partial charge is 0.123 e. The fourth-order valence-corrected chi connectivity index (χ4v) is 7.65. The van der Waals surface area contributed by atoms with E-state index in [1.165, 1.54) is 55.2 Å². The van der Waals surface area contributed by atoms with Gasteiger partial charge in [-0.15, -0.1) is 0 Å². The first-order chi connectivity index (χ1) is 14.9. The van der Waals surface area contributed by atoms with Gasteiger partial charge in [-0.2, -0.15) is 0 Å². The highest BCUT2D eigenvalue weighted by atomic mass is 16.5. The molecule has 4 N–H and O–H groups in total. The normalized spacial score (nSPS) is 34.5. The van der Waals surface area contributed by atoms with Crippen LogP contribution < -0.4 is 10.5 Å². The zero-order valence-corrected chi connectivity index (χ0v) is 19.2. The number of rotatable bonds is 7. The van der Waals surface area contributed by atoms with E-state index < -0.39 is 0 Å². The SMILES string of the molecule is CC(C)Oc1cc2c(cc1C13CC4CC(CC(C4)C1)C3)C(N)N(CC(CO)CO)CC2. The molecule has 1 unspecified atom stereocenters. The van der Waals surface area contributed by atoms with Crippen LogP contribution in [0.5, 0.6) is 5.75 Å². The van der Waals surface area contributed by atoms with Gasteiger partial charge in [-0.1, -0.05) is 0 Å². The summed E-state index contributed by atoms with van der Waals surface area (Å²) in [5.41, 5.74) is 11.0. The Morgan fingerprint density at radius 1 is 1.06 bits per heavy atom. The summed E-state index contributed by atoms with van der Waals surface area (Å²) in [5, 5.41) is 19.1. The van der Waals surface area contributed by atoms with Crippen molar-refractivity contribution < 1.29 is 14.9 Å². The molecular weight excluding hydrogens is 388 g/mol. The van der Waals surface area contributed by atoms with Crippen molar-refractivity contribution in [3.8, 4) is 5.75 Å². The molecule has 1 heterocycles. The molecular formula is C26H40N2O3. The molecule has 4 bridgehead atoms. The van der Waals surface area contributed by atoms with Gasteiger partial charge in [-0.05, 0) is 105 Å². The lowest BCUT2D eigenvalue weighted by Gasteiger charge is -2.57. The molecule has 0 aromatic heterocycles. The number of fused-ring (bicyclic) bond motifs is 1. The second kappa shape index (κ2) is 8.33. The molecule has 0 saturated heterocycles. The van der Waals surface area contributed by atoms with Gasteiger partial charge in [0.25, 0.3) is 0 Å². The summed E-state index contributed by atoms with van der Waals surface area (Å²) < 4.78 is 6.44. The van der Waals surface area contributed by atoms with Crippen molar-refractivity contribution in [2.75, 3.05) is 26.3 Å². The van der Waals surface area contributed by atoms with Gasteiger partial charge in [0.2, 0.25) is 0 Å². The van der Waals surface area contributed by atoms with Crippen molar-refractivity contribution >= 4 is 0 Å². The van der Waals surface area contributed by atoms with Crippen molar-refractivity contribution in [2.45, 2.75) is 76.5 Å². The molecule has 4 aliphatic carbocycles. The summed E-state index contributed by atoms with van der Waals surface area (Å²) >= 11 is 0. The highest BCUT2D eigenvalue weighted by Crippen LogP contribution is 2.62. The number of nitrogens with two attached hydrogens (primary N) is 1. The number of nitrogens with zero attached hydrogens (tertiary/aromatic N) is 1. The first-order valence-corrected chi connectivity index (χ1v) is 12.5. The summed E-state index contributed by atoms with van der Waals surface area (Å²) in [6, 6.07) is 4.71. The van der Waals surface area contributed by atoms with E-state index in [1.807, 2.05) is 0 Å². The van der Waals surface area contributed by atoms with Crippen molar-refractivity contribution in [2.24, 2.45) is 29.4 Å². The van der Waals surface area contributed by atoms with Crippen molar-refractivity contribution in [3.05, 3.63) is 28.8 Å². The number of benzene rings is 1. The minimum atomic E-state index is -0.190. The van der Waals surface area contributed by atoms with Crippen LogP contribution >= 0.6 is 0 Å². The van der Waals surface area contributed by atoms with Crippen LogP contribution in [0.25, 0.3) is 0 Å². The highest BCUT2D eigenvalue weighted by molar-refractivity contribution is 5.50. The summed E-state index contributed by atoms with van der Waals surface area (Å²) in [4.78, 5) is 2.23. The van der Waals surface area contributed by atoms with E-state index >= 15 is 0 Å². The Labute approximate surface area is 187 Å². The van der Waals surface area contributed by atoms with Gasteiger partial charge in [-0.25, -0.2) is 0 Å². The Bertz CT molecular complexity index is 769. The van der Waals surface area contributed by atoms with Crippen LogP contribution in [0.15, 0.2) is 12.1 Å². The number of hydrogen-bond donors (Lipinski definition) is 3. The third-order valence-corrected chi connectivity index (χ3v) is 8.60. The number of hydrogen-bond acceptors (Lipinski definition) is 5. The third-order valence-electron chi connectivity index (χ3n) is 8.60. The molecule has 0 amide bonds. The van der Waals surface area contributed by atoms with Crippen LogP contribution in [0, 0.1) is 23.7 Å². The molecule has 1 atom stereocenters. The monoisotopic (exact) mass is 428 g/mol. The molecule has 1 aromatic rings. The average Bonchev–Trinajstić information content (AvgIpc) is 2.71. The number of aliphatic hydroxyl groups excluding tert-OH is 2. The van der Waals surface area contributed by atoms with Gasteiger partial charge in [0.15, 0.2) is 0 Å². The fourth-order valence-electron chi connectivity index (χ4n) is 7.65. The van der Waals surface area contributed by atoms with Crippen LogP contribution in [0.1, 0.15) is 75.2 Å². The lowest BCUT2D eigenvalue weighted by atomic mass is 9.48. The maximum absolute atomic E-state index is 9.55. The minimum Gasteiger partial charge on any atom is -0.491 e. The van der Waals surface area contributed by atoms with Crippen LogP contribution in [-0.2, 0) is 11.8 Å². The van der Waals surface area contributed by atoms with Crippen LogP contribution in [0.4, 0.5) is 0 Å². The lowest BCUT2D eigenvalue weighted by Crippen LogP contribution is -2.49. The standard InChI is InChI=1S/C26H40N2O3/c1-16(2)31-24-8-21-3-4-28(13-20(14-29)15-30)25(27)22(21)9-23(24)26-10-17-5-18(11-26)7-19(6-17)12-26/h8-9,16-20,25,29-30H,3-7,10-15,27H2,1-2H3. The molecule has 1 aromatic carbocycles. The molecule has 172 valence electrons. The molecule has 0 radical (unpaired) electrons. The first kappa shape index (κ1) is 21.7. The zero-order valence-electron chi connectivity index (χ0n) is 19.2. The second-order valence-corrected chi connectivity index (χ2v) is 11.3. The number of aliphatic hydroxyl groups is 2. The summed E-state index contributed by atoms with van der Waals surface area (Å²) in [6.07, 6.45) is 9.12. The van der Waals surface area contributed by atoms with Gasteiger partial charge in [0.1, 0.15) is 5.75 Å². The van der Waals surface area contributed by atoms with Crippen LogP contribution in [-0.4, -0.2) is 47.5 Å². The van der Waals surface area contributed by atoms with E-state index in [0.29, 0.717) is 6.54 Å². The van der Waals surface area contributed by atoms with Gasteiger partial charge in [-0.3, -0.25) is 4.90 Å². The Hall–Kier alpha value is -1.14. The van der Waals surface area contributed by atoms with E-state index in [2.05, 4.69) is 30.9 Å². The van der Waals surface area contributed by atoms with E-state index in [1.54, 1.807) is 0 Å². The molecule has 1 aliphatic heterocycles. The molecule has 5 heteroatoms. The summed E-state index contributed by atoms with van der Waals surface area (Å²) in [7, 11) is 0. The topological polar surface area (TPSA) is 79.0 Å². The summed E-state index contributed by atoms with van der Waals surface area (Å²) in [6.45, 7) is 5.71. The molecule has 0 spiro atoms. The van der Waals surface area contributed by atoms with Gasteiger partial charge >= 0.3 is 0 Å². The predicted molar refractivity (Wildman–Crippen MR) is 122 cm³/mol. The predicted octanol–water partition coefficient (Wildman–Crippen LogP) is 3.36. The quantitative estimate of drug-likeness (QED) is 0.621. The lowest BCUT2D eigenvalue weighted by molar-refractivity contribution is -0.00685. The Balaban J connectivity index is 1.52. The average molecular weight is 429 g/mol. The van der Waals surface area contributed by atoms with Crippen molar-refractivity contribution in [3.63, 3.8) is 0 Å². The van der Waals surface area contributed by atoms with Crippen molar-refractivity contribution in [1.29, 1.82) is 0 Å². The van der Waals surface area contributed by atoms with Crippen LogP contribution in [0.2, 0.25) is 0 Å². The molecule has 5 nitrogen and oxygen atoms in total. The Morgan fingerprint density at radius 2 is 1.68 bits per heavy atom. The van der Waals surface area contributed by atoms with E-state index in [9.17, 15) is 10.2 Å². The molecule has 4 saturated carbocycles. The summed E-state index contributed by atoms with van der Waals surface area (Å²) in [5.74, 6) is 3.61. The van der Waals surface area contributed by atoms with E-state index in [0.717, 1.165) is 36.5 Å². The van der Waals surface area contributed by atoms with Gasteiger partial charge < -0.3 is 20.7 Å². The molecule has 5 aliphatic rings. The Morgan fingerprint density at radius 3 is 2.23 bits per heavy atom. The third kappa shape index (κ3) is 3.92. The Kier molecular flexibility index (Phi) is 5.83. The van der Waals surface area contributed by atoms with Crippen LogP contribution in [0.3, 0.4) is 0 Å². The fraction of sp³-hybridized carbons (Fsp3) is 0.769. The maximum Gasteiger partial charge on any atom is 0.123 e. The first-order valence-electron chi connectivity index (χ1n) is 12.5. The van der Waals surface area contributed by atoms with Crippen molar-refractivity contribution in [1.82, 2.24) is 4.90 Å².